The predicted octanol–water partition coefficient (Wildman–Crippen LogP) is 5.03. The normalized spacial score (nSPS) is 14.5. The lowest BCUT2D eigenvalue weighted by Crippen LogP contribution is -2.49. The van der Waals surface area contributed by atoms with E-state index in [9.17, 15) is 13.6 Å². The molecule has 0 unspecified atom stereocenters. The fourth-order valence-electron chi connectivity index (χ4n) is 4.07. The van der Waals surface area contributed by atoms with E-state index in [0.29, 0.717) is 17.8 Å². The number of nitrogens with one attached hydrogen (secondary N) is 1. The Hall–Kier alpha value is -3.82. The average Bonchev–Trinajstić information content (AvgIpc) is 2.76. The van der Waals surface area contributed by atoms with Crippen molar-refractivity contribution in [3.05, 3.63) is 65.4 Å². The molecule has 0 spiro atoms. The van der Waals surface area contributed by atoms with Crippen LogP contribution in [-0.4, -0.2) is 34.2 Å². The molecule has 7 nitrogen and oxygen atoms in total. The minimum atomic E-state index is -0.884. The van der Waals surface area contributed by atoms with Crippen molar-refractivity contribution >= 4 is 17.4 Å². The molecule has 1 aromatic heterocycles. The van der Waals surface area contributed by atoms with Gasteiger partial charge in [0.25, 0.3) is 0 Å². The van der Waals surface area contributed by atoms with Crippen LogP contribution in [-0.2, 0) is 6.42 Å². The number of urea groups is 1. The van der Waals surface area contributed by atoms with Gasteiger partial charge in [-0.05, 0) is 57.5 Å². The van der Waals surface area contributed by atoms with E-state index in [-0.39, 0.29) is 41.0 Å². The maximum Gasteiger partial charge on any atom is 0.316 e. The van der Waals surface area contributed by atoms with Crippen LogP contribution in [0.25, 0.3) is 11.3 Å². The smallest absolute Gasteiger partial charge is 0.316 e. The summed E-state index contributed by atoms with van der Waals surface area (Å²) in [4.78, 5) is 21.3. The molecule has 4 rings (SSSR count). The van der Waals surface area contributed by atoms with Crippen molar-refractivity contribution in [1.82, 2.24) is 9.97 Å². The van der Waals surface area contributed by atoms with E-state index in [0.717, 1.165) is 6.20 Å². The second kappa shape index (κ2) is 9.09. The van der Waals surface area contributed by atoms with Crippen LogP contribution >= 0.6 is 0 Å². The van der Waals surface area contributed by atoms with Gasteiger partial charge in [-0.25, -0.2) is 27.9 Å². The lowest BCUT2D eigenvalue weighted by molar-refractivity contribution is 0.0967. The standard InChI is InChI=1S/C25H26F3N5O2/c1-13(2)33-12-25(3,4)35-23-17(27)9-15(10-20(23)33)22-18(28)11-30-21(32-22)8-14-5-6-19(16(26)7-14)31-24(29)34/h5-7,9-11,13H,8,12H2,1-4H3,(H3,29,31,34). The number of carbonyl (C=O) groups excluding carboxylic acids is 1. The topological polar surface area (TPSA) is 93.4 Å². The number of hydrogen-bond donors (Lipinski definition) is 2. The fourth-order valence-corrected chi connectivity index (χ4v) is 4.07. The van der Waals surface area contributed by atoms with E-state index in [1.54, 1.807) is 12.1 Å². The van der Waals surface area contributed by atoms with Crippen LogP contribution in [0, 0.1) is 17.5 Å². The third-order valence-corrected chi connectivity index (χ3v) is 5.61. The first-order valence-corrected chi connectivity index (χ1v) is 11.1. The molecule has 184 valence electrons. The third kappa shape index (κ3) is 5.16. The monoisotopic (exact) mass is 485 g/mol. The maximum absolute atomic E-state index is 15.2. The Morgan fingerprint density at radius 3 is 2.57 bits per heavy atom. The van der Waals surface area contributed by atoms with Crippen molar-refractivity contribution in [1.29, 1.82) is 0 Å². The molecule has 0 bridgehead atoms. The molecule has 35 heavy (non-hydrogen) atoms. The maximum atomic E-state index is 15.2. The molecule has 2 amide bonds. The number of nitrogens with two attached hydrogens (primary N) is 1. The SMILES string of the molecule is CC(C)N1CC(C)(C)Oc2c(F)cc(-c3nc(Cc4ccc(NC(N)=O)c(F)c4)ncc3F)cc21. The molecule has 3 aromatic rings. The summed E-state index contributed by atoms with van der Waals surface area (Å²) in [7, 11) is 0. The highest BCUT2D eigenvalue weighted by atomic mass is 19.1. The summed E-state index contributed by atoms with van der Waals surface area (Å²) in [6.45, 7) is 8.28. The Labute approximate surface area is 201 Å². The molecule has 0 saturated carbocycles. The van der Waals surface area contributed by atoms with Gasteiger partial charge in [0, 0.05) is 18.0 Å². The Kier molecular flexibility index (Phi) is 6.31. The average molecular weight is 486 g/mol. The zero-order chi connectivity index (χ0) is 25.5. The van der Waals surface area contributed by atoms with Crippen molar-refractivity contribution in [3.63, 3.8) is 0 Å². The van der Waals surface area contributed by atoms with Crippen LogP contribution in [0.2, 0.25) is 0 Å². The van der Waals surface area contributed by atoms with E-state index in [2.05, 4.69) is 15.3 Å². The van der Waals surface area contributed by atoms with E-state index < -0.39 is 29.1 Å². The van der Waals surface area contributed by atoms with Crippen LogP contribution < -0.4 is 20.7 Å². The number of amides is 2. The Morgan fingerprint density at radius 1 is 1.17 bits per heavy atom. The van der Waals surface area contributed by atoms with Crippen molar-refractivity contribution in [2.24, 2.45) is 5.73 Å². The summed E-state index contributed by atoms with van der Waals surface area (Å²) in [6.07, 6.45) is 1.10. The number of benzene rings is 2. The molecule has 0 saturated heterocycles. The van der Waals surface area contributed by atoms with Crippen LogP contribution in [0.1, 0.15) is 39.1 Å². The van der Waals surface area contributed by atoms with Crippen LogP contribution in [0.15, 0.2) is 36.5 Å². The number of primary amides is 1. The number of carbonyl (C=O) groups is 1. The quantitative estimate of drug-likeness (QED) is 0.529. The minimum absolute atomic E-state index is 0.0549. The van der Waals surface area contributed by atoms with E-state index in [1.165, 1.54) is 18.2 Å². The predicted molar refractivity (Wildman–Crippen MR) is 127 cm³/mol. The summed E-state index contributed by atoms with van der Waals surface area (Å²) >= 11 is 0. The molecule has 10 heteroatoms. The second-order valence-corrected chi connectivity index (χ2v) is 9.35. The van der Waals surface area contributed by atoms with Crippen molar-refractivity contribution < 1.29 is 22.7 Å². The van der Waals surface area contributed by atoms with Gasteiger partial charge in [0.05, 0.1) is 24.1 Å². The largest absolute Gasteiger partial charge is 0.481 e. The number of hydrogen-bond acceptors (Lipinski definition) is 5. The number of nitrogens with zero attached hydrogens (tertiary/aromatic N) is 3. The summed E-state index contributed by atoms with van der Waals surface area (Å²) in [5.74, 6) is -1.68. The molecular weight excluding hydrogens is 459 g/mol. The van der Waals surface area contributed by atoms with Crippen molar-refractivity contribution in [2.75, 3.05) is 16.8 Å². The highest BCUT2D eigenvalue weighted by Crippen LogP contribution is 2.42. The molecule has 0 radical (unpaired) electrons. The first-order chi connectivity index (χ1) is 16.4. The van der Waals surface area contributed by atoms with Gasteiger partial charge >= 0.3 is 6.03 Å². The van der Waals surface area contributed by atoms with E-state index in [4.69, 9.17) is 10.5 Å². The summed E-state index contributed by atoms with van der Waals surface area (Å²) in [6, 6.07) is 6.16. The van der Waals surface area contributed by atoms with Gasteiger partial charge in [0.1, 0.15) is 22.9 Å². The lowest BCUT2D eigenvalue weighted by Gasteiger charge is -2.43. The molecule has 1 aliphatic rings. The molecule has 0 atom stereocenters. The molecule has 0 fully saturated rings. The van der Waals surface area contributed by atoms with E-state index >= 15 is 4.39 Å². The number of ether oxygens (including phenoxy) is 1. The molecule has 0 aliphatic carbocycles. The van der Waals surface area contributed by atoms with Gasteiger partial charge in [0.15, 0.2) is 17.4 Å². The van der Waals surface area contributed by atoms with Gasteiger partial charge in [-0.3, -0.25) is 0 Å². The first kappa shape index (κ1) is 24.3. The zero-order valence-electron chi connectivity index (χ0n) is 19.8. The summed E-state index contributed by atoms with van der Waals surface area (Å²) < 4.78 is 50.1. The fraction of sp³-hybridized carbons (Fsp3) is 0.320. The highest BCUT2D eigenvalue weighted by Gasteiger charge is 2.35. The molecule has 1 aliphatic heterocycles. The minimum Gasteiger partial charge on any atom is -0.481 e. The van der Waals surface area contributed by atoms with Gasteiger partial charge in [0.2, 0.25) is 0 Å². The van der Waals surface area contributed by atoms with Gasteiger partial charge in [-0.2, -0.15) is 0 Å². The first-order valence-electron chi connectivity index (χ1n) is 11.1. The van der Waals surface area contributed by atoms with Crippen LogP contribution in [0.4, 0.5) is 29.3 Å². The Balaban J connectivity index is 1.69. The Morgan fingerprint density at radius 2 is 1.91 bits per heavy atom. The number of fused-ring (bicyclic) bond motifs is 1. The van der Waals surface area contributed by atoms with Crippen LogP contribution in [0.5, 0.6) is 5.75 Å². The van der Waals surface area contributed by atoms with Gasteiger partial charge < -0.3 is 20.7 Å². The van der Waals surface area contributed by atoms with Crippen molar-refractivity contribution in [2.45, 2.75) is 45.8 Å². The van der Waals surface area contributed by atoms with Gasteiger partial charge in [-0.1, -0.05) is 6.07 Å². The molecular formula is C25H26F3N5O2. The third-order valence-electron chi connectivity index (χ3n) is 5.61. The molecule has 2 aromatic carbocycles. The highest BCUT2D eigenvalue weighted by molar-refractivity contribution is 5.87. The summed E-state index contributed by atoms with van der Waals surface area (Å²) in [5.41, 5.74) is 5.55. The lowest BCUT2D eigenvalue weighted by atomic mass is 10.0. The number of anilines is 2. The zero-order valence-corrected chi connectivity index (χ0v) is 19.8. The Bertz CT molecular complexity index is 1300. The molecule has 2 heterocycles. The molecule has 3 N–H and O–H groups in total. The van der Waals surface area contributed by atoms with E-state index in [1.807, 2.05) is 32.6 Å². The second-order valence-electron chi connectivity index (χ2n) is 9.35. The van der Waals surface area contributed by atoms with Crippen LogP contribution in [0.3, 0.4) is 0 Å². The number of halogens is 3. The van der Waals surface area contributed by atoms with Crippen molar-refractivity contribution in [3.8, 4) is 17.0 Å². The number of rotatable bonds is 5. The summed E-state index contributed by atoms with van der Waals surface area (Å²) in [5, 5.41) is 2.18. The number of aromatic nitrogens is 2. The van der Waals surface area contributed by atoms with Gasteiger partial charge in [-0.15, -0.1) is 0 Å².